The van der Waals surface area contributed by atoms with Crippen LogP contribution < -0.4 is 5.73 Å². The van der Waals surface area contributed by atoms with Gasteiger partial charge in [0, 0.05) is 24.0 Å². The standard InChI is InChI=1S/C7H7N3O2.C6H6ClN/c1-11-4-6-9-7(12-10-6)5-2-3-8-5;7-5-1-3-6(8)4-2-5/h2-3H,4H2,1H3;1-4H,8H2. The van der Waals surface area contributed by atoms with Crippen molar-refractivity contribution in [3.63, 3.8) is 0 Å². The zero-order valence-electron chi connectivity index (χ0n) is 10.8. The Kier molecular flexibility index (Phi) is 4.86. The maximum atomic E-state index is 5.56. The Labute approximate surface area is 120 Å². The van der Waals surface area contributed by atoms with Gasteiger partial charge in [-0.3, -0.25) is 4.99 Å². The van der Waals surface area contributed by atoms with Gasteiger partial charge in [-0.1, -0.05) is 16.8 Å². The van der Waals surface area contributed by atoms with Gasteiger partial charge >= 0.3 is 0 Å². The van der Waals surface area contributed by atoms with Gasteiger partial charge in [0.25, 0.3) is 5.89 Å². The number of hydrogen-bond acceptors (Lipinski definition) is 6. The fourth-order valence-corrected chi connectivity index (χ4v) is 1.41. The molecule has 104 valence electrons. The van der Waals surface area contributed by atoms with Crippen molar-refractivity contribution in [3.05, 3.63) is 53.3 Å². The van der Waals surface area contributed by atoms with Crippen LogP contribution in [0.5, 0.6) is 0 Å². The fraction of sp³-hybridized carbons (Fsp3) is 0.154. The molecule has 0 fully saturated rings. The van der Waals surface area contributed by atoms with E-state index in [-0.39, 0.29) is 0 Å². The second-order valence-corrected chi connectivity index (χ2v) is 4.27. The van der Waals surface area contributed by atoms with Crippen LogP contribution in [0.1, 0.15) is 11.7 Å². The molecule has 1 aliphatic heterocycles. The number of benzene rings is 1. The summed E-state index contributed by atoms with van der Waals surface area (Å²) in [7, 11) is 1.58. The Morgan fingerprint density at radius 3 is 2.50 bits per heavy atom. The third-order valence-electron chi connectivity index (χ3n) is 2.28. The van der Waals surface area contributed by atoms with E-state index in [0.717, 1.165) is 16.4 Å². The third-order valence-corrected chi connectivity index (χ3v) is 2.53. The molecule has 1 aromatic heterocycles. The summed E-state index contributed by atoms with van der Waals surface area (Å²) in [6, 6.07) is 7.05. The molecular formula is C13H13ClN4O2. The van der Waals surface area contributed by atoms with Crippen LogP contribution in [-0.2, 0) is 11.3 Å². The maximum absolute atomic E-state index is 5.56. The molecule has 0 bridgehead atoms. The van der Waals surface area contributed by atoms with Gasteiger partial charge in [0.2, 0.25) is 0 Å². The zero-order chi connectivity index (χ0) is 14.4. The lowest BCUT2D eigenvalue weighted by molar-refractivity contribution is 0.174. The molecular weight excluding hydrogens is 280 g/mol. The monoisotopic (exact) mass is 292 g/mol. The molecule has 0 saturated heterocycles. The van der Waals surface area contributed by atoms with Gasteiger partial charge in [-0.05, 0) is 30.3 Å². The molecule has 2 heterocycles. The van der Waals surface area contributed by atoms with Crippen LogP contribution in [0.15, 0.2) is 46.1 Å². The van der Waals surface area contributed by atoms with Crippen LogP contribution >= 0.6 is 11.6 Å². The zero-order valence-corrected chi connectivity index (χ0v) is 11.5. The number of nitrogens with zero attached hydrogens (tertiary/aromatic N) is 3. The normalized spacial score (nSPS) is 12.2. The molecule has 0 aliphatic carbocycles. The number of nitrogens with two attached hydrogens (primary N) is 1. The summed E-state index contributed by atoms with van der Waals surface area (Å²) >= 11 is 5.56. The van der Waals surface area contributed by atoms with E-state index >= 15 is 0 Å². The van der Waals surface area contributed by atoms with Gasteiger partial charge in [-0.15, -0.1) is 0 Å². The largest absolute Gasteiger partial charge is 0.399 e. The molecule has 1 aliphatic rings. The number of aliphatic imine (C=N–C) groups is 1. The van der Waals surface area contributed by atoms with Crippen molar-refractivity contribution in [2.24, 2.45) is 4.99 Å². The minimum absolute atomic E-state index is 0.362. The first-order valence-corrected chi connectivity index (χ1v) is 6.14. The molecule has 0 spiro atoms. The van der Waals surface area contributed by atoms with Crippen LogP contribution in [0.4, 0.5) is 5.69 Å². The van der Waals surface area contributed by atoms with E-state index in [0.29, 0.717) is 18.3 Å². The number of aromatic nitrogens is 2. The van der Waals surface area contributed by atoms with Crippen LogP contribution in [0.25, 0.3) is 0 Å². The van der Waals surface area contributed by atoms with Crippen LogP contribution in [0.2, 0.25) is 5.02 Å². The molecule has 2 aromatic rings. The van der Waals surface area contributed by atoms with Gasteiger partial charge in [0.1, 0.15) is 12.3 Å². The highest BCUT2D eigenvalue weighted by molar-refractivity contribution is 6.30. The van der Waals surface area contributed by atoms with Gasteiger partial charge in [-0.2, -0.15) is 4.98 Å². The van der Waals surface area contributed by atoms with Gasteiger partial charge < -0.3 is 15.0 Å². The van der Waals surface area contributed by atoms with E-state index in [1.54, 1.807) is 37.6 Å². The Morgan fingerprint density at radius 2 is 2.00 bits per heavy atom. The van der Waals surface area contributed by atoms with Crippen LogP contribution in [-0.4, -0.2) is 23.0 Å². The fourth-order valence-electron chi connectivity index (χ4n) is 1.28. The molecule has 7 heteroatoms. The smallest absolute Gasteiger partial charge is 0.276 e. The lowest BCUT2D eigenvalue weighted by Crippen LogP contribution is -2.02. The predicted octanol–water partition coefficient (Wildman–Crippen LogP) is 2.45. The number of ether oxygens (including phenoxy) is 1. The summed E-state index contributed by atoms with van der Waals surface area (Å²) in [6.45, 7) is 0.362. The highest BCUT2D eigenvalue weighted by atomic mass is 35.5. The average Bonchev–Trinajstić information content (AvgIpc) is 2.80. The van der Waals surface area contributed by atoms with E-state index in [2.05, 4.69) is 15.1 Å². The number of rotatable bonds is 3. The summed E-state index contributed by atoms with van der Waals surface area (Å²) < 4.78 is 9.73. The average molecular weight is 293 g/mol. The Bertz CT molecular complexity index is 599. The maximum Gasteiger partial charge on any atom is 0.276 e. The second kappa shape index (κ2) is 6.83. The molecule has 6 nitrogen and oxygen atoms in total. The molecule has 3 rings (SSSR count). The Balaban J connectivity index is 0.000000160. The molecule has 0 unspecified atom stereocenters. The summed E-state index contributed by atoms with van der Waals surface area (Å²) in [5.41, 5.74) is 6.84. The number of anilines is 1. The van der Waals surface area contributed by atoms with Gasteiger partial charge in [0.15, 0.2) is 5.82 Å². The minimum Gasteiger partial charge on any atom is -0.399 e. The SMILES string of the molecule is COCc1noc(C2=NC=C2)n1.Nc1ccc(Cl)cc1. The first-order valence-electron chi connectivity index (χ1n) is 5.76. The van der Waals surface area contributed by atoms with Crippen molar-refractivity contribution in [3.8, 4) is 0 Å². The second-order valence-electron chi connectivity index (χ2n) is 3.83. The van der Waals surface area contributed by atoms with Crippen molar-refractivity contribution < 1.29 is 9.26 Å². The first-order chi connectivity index (χ1) is 9.69. The summed E-state index contributed by atoms with van der Waals surface area (Å²) in [6.07, 6.45) is 3.49. The molecule has 0 amide bonds. The Morgan fingerprint density at radius 1 is 1.30 bits per heavy atom. The summed E-state index contributed by atoms with van der Waals surface area (Å²) in [5.74, 6) is 0.986. The molecule has 0 atom stereocenters. The van der Waals surface area contributed by atoms with Crippen LogP contribution in [0.3, 0.4) is 0 Å². The van der Waals surface area contributed by atoms with Crippen molar-refractivity contribution >= 4 is 23.0 Å². The van der Waals surface area contributed by atoms with Crippen molar-refractivity contribution in [1.29, 1.82) is 0 Å². The third kappa shape index (κ3) is 3.91. The molecule has 2 N–H and O–H groups in total. The minimum atomic E-state index is 0.362. The highest BCUT2D eigenvalue weighted by Gasteiger charge is 2.12. The number of methoxy groups -OCH3 is 1. The number of allylic oxidation sites excluding steroid dienone is 1. The van der Waals surface area contributed by atoms with E-state index in [1.807, 2.05) is 6.08 Å². The predicted molar refractivity (Wildman–Crippen MR) is 76.6 cm³/mol. The van der Waals surface area contributed by atoms with E-state index in [4.69, 9.17) is 26.6 Å². The van der Waals surface area contributed by atoms with Crippen molar-refractivity contribution in [2.75, 3.05) is 12.8 Å². The molecule has 20 heavy (non-hydrogen) atoms. The summed E-state index contributed by atoms with van der Waals surface area (Å²) in [4.78, 5) is 7.95. The molecule has 0 radical (unpaired) electrons. The topological polar surface area (TPSA) is 86.5 Å². The number of halogens is 1. The molecule has 0 saturated carbocycles. The van der Waals surface area contributed by atoms with E-state index in [1.165, 1.54) is 0 Å². The van der Waals surface area contributed by atoms with Crippen LogP contribution in [0, 0.1) is 0 Å². The summed E-state index contributed by atoms with van der Waals surface area (Å²) in [5, 5.41) is 4.40. The highest BCUT2D eigenvalue weighted by Crippen LogP contribution is 2.09. The van der Waals surface area contributed by atoms with Crippen molar-refractivity contribution in [1.82, 2.24) is 10.1 Å². The quantitative estimate of drug-likeness (QED) is 0.878. The Hall–Kier alpha value is -2.18. The van der Waals surface area contributed by atoms with Gasteiger partial charge in [0.05, 0.1) is 0 Å². The first kappa shape index (κ1) is 14.2. The van der Waals surface area contributed by atoms with E-state index < -0.39 is 0 Å². The number of hydrogen-bond donors (Lipinski definition) is 1. The van der Waals surface area contributed by atoms with Crippen molar-refractivity contribution in [2.45, 2.75) is 6.61 Å². The lowest BCUT2D eigenvalue weighted by atomic mass is 10.3. The van der Waals surface area contributed by atoms with Gasteiger partial charge in [-0.25, -0.2) is 0 Å². The lowest BCUT2D eigenvalue weighted by Gasteiger charge is -1.96. The number of nitrogen functional groups attached to an aromatic ring is 1. The van der Waals surface area contributed by atoms with E-state index in [9.17, 15) is 0 Å². The molecule has 1 aromatic carbocycles.